The number of carbonyl (C=O) groups is 1. The van der Waals surface area contributed by atoms with Crippen LogP contribution in [0.1, 0.15) is 42.7 Å². The van der Waals surface area contributed by atoms with Crippen LogP contribution >= 0.6 is 11.3 Å². The summed E-state index contributed by atoms with van der Waals surface area (Å²) >= 11 is 1.71. The Morgan fingerprint density at radius 3 is 2.74 bits per heavy atom. The van der Waals surface area contributed by atoms with Crippen molar-refractivity contribution in [2.45, 2.75) is 45.1 Å². The Morgan fingerprint density at radius 2 is 2.04 bits per heavy atom. The highest BCUT2D eigenvalue weighted by Gasteiger charge is 2.27. The standard InChI is InChI=1S/C20H28N4O2S/c1-13-4-5-15-16(10-13)27-19-18(15)20(26)24(12-21-19)14-6-8-23(9-7-14)11-17(25)22(2)3/h12-14H,4-11H2,1-3H3. The highest BCUT2D eigenvalue weighted by atomic mass is 32.1. The van der Waals surface area contributed by atoms with Crippen molar-refractivity contribution in [2.75, 3.05) is 33.7 Å². The number of fused-ring (bicyclic) bond motifs is 3. The van der Waals surface area contributed by atoms with Crippen LogP contribution in [0.4, 0.5) is 0 Å². The van der Waals surface area contributed by atoms with Crippen molar-refractivity contribution in [2.24, 2.45) is 5.92 Å². The van der Waals surface area contributed by atoms with E-state index in [1.165, 1.54) is 10.4 Å². The average Bonchev–Trinajstić information content (AvgIpc) is 3.01. The molecule has 0 bridgehead atoms. The van der Waals surface area contributed by atoms with E-state index in [-0.39, 0.29) is 17.5 Å². The van der Waals surface area contributed by atoms with Gasteiger partial charge in [0.05, 0.1) is 18.3 Å². The Bertz CT molecular complexity index is 909. The molecule has 0 radical (unpaired) electrons. The van der Waals surface area contributed by atoms with Gasteiger partial charge in [0.2, 0.25) is 5.91 Å². The van der Waals surface area contributed by atoms with Gasteiger partial charge in [-0.1, -0.05) is 6.92 Å². The minimum Gasteiger partial charge on any atom is -0.348 e. The zero-order valence-corrected chi connectivity index (χ0v) is 17.2. The number of likely N-dealkylation sites (tertiary alicyclic amines) is 1. The van der Waals surface area contributed by atoms with Gasteiger partial charge < -0.3 is 4.90 Å². The minimum atomic E-state index is 0.132. The number of carbonyl (C=O) groups excluding carboxylic acids is 1. The molecule has 1 aliphatic carbocycles. The molecule has 0 aromatic carbocycles. The first-order valence-corrected chi connectivity index (χ1v) is 10.7. The van der Waals surface area contributed by atoms with Gasteiger partial charge in [0, 0.05) is 38.1 Å². The van der Waals surface area contributed by atoms with E-state index >= 15 is 0 Å². The number of hydrogen-bond acceptors (Lipinski definition) is 5. The first-order chi connectivity index (χ1) is 12.9. The molecule has 1 atom stereocenters. The summed E-state index contributed by atoms with van der Waals surface area (Å²) in [5.74, 6) is 0.829. The second-order valence-electron chi connectivity index (χ2n) is 8.28. The zero-order chi connectivity index (χ0) is 19.1. The Balaban J connectivity index is 1.54. The number of hydrogen-bond donors (Lipinski definition) is 0. The molecule has 0 saturated carbocycles. The lowest BCUT2D eigenvalue weighted by molar-refractivity contribution is -0.130. The van der Waals surface area contributed by atoms with Crippen LogP contribution in [0.3, 0.4) is 0 Å². The van der Waals surface area contributed by atoms with Crippen molar-refractivity contribution in [3.05, 3.63) is 27.1 Å². The summed E-state index contributed by atoms with van der Waals surface area (Å²) in [6.07, 6.45) is 6.76. The van der Waals surface area contributed by atoms with Gasteiger partial charge in [-0.2, -0.15) is 0 Å². The molecule has 7 heteroatoms. The molecule has 1 amide bonds. The fourth-order valence-corrected chi connectivity index (χ4v) is 5.63. The third-order valence-electron chi connectivity index (χ3n) is 6.05. The van der Waals surface area contributed by atoms with Crippen molar-refractivity contribution in [1.82, 2.24) is 19.4 Å². The molecule has 1 saturated heterocycles. The van der Waals surface area contributed by atoms with Crippen molar-refractivity contribution >= 4 is 27.5 Å². The molecular formula is C20H28N4O2S. The molecule has 0 spiro atoms. The second kappa shape index (κ2) is 7.36. The minimum absolute atomic E-state index is 0.132. The molecule has 3 heterocycles. The summed E-state index contributed by atoms with van der Waals surface area (Å²) in [7, 11) is 3.58. The molecule has 2 aromatic heterocycles. The molecule has 2 aliphatic rings. The molecule has 27 heavy (non-hydrogen) atoms. The van der Waals surface area contributed by atoms with Gasteiger partial charge in [-0.15, -0.1) is 11.3 Å². The van der Waals surface area contributed by atoms with Gasteiger partial charge in [-0.3, -0.25) is 19.1 Å². The zero-order valence-electron chi connectivity index (χ0n) is 16.4. The van der Waals surface area contributed by atoms with Crippen molar-refractivity contribution in [3.8, 4) is 0 Å². The predicted octanol–water partition coefficient (Wildman–Crippen LogP) is 2.31. The van der Waals surface area contributed by atoms with Crippen LogP contribution in [0.2, 0.25) is 0 Å². The fraction of sp³-hybridized carbons (Fsp3) is 0.650. The van der Waals surface area contributed by atoms with E-state index in [4.69, 9.17) is 0 Å². The molecule has 1 aliphatic heterocycles. The second-order valence-corrected chi connectivity index (χ2v) is 9.37. The Hall–Kier alpha value is -1.73. The largest absolute Gasteiger partial charge is 0.348 e. The molecule has 0 N–H and O–H groups in total. The predicted molar refractivity (Wildman–Crippen MR) is 108 cm³/mol. The Kier molecular flexibility index (Phi) is 5.07. The van der Waals surface area contributed by atoms with Crippen LogP contribution < -0.4 is 5.56 Å². The third kappa shape index (κ3) is 3.55. The maximum atomic E-state index is 13.2. The normalized spacial score (nSPS) is 21.4. The molecular weight excluding hydrogens is 360 g/mol. The van der Waals surface area contributed by atoms with Crippen LogP contribution in [0, 0.1) is 5.92 Å². The van der Waals surface area contributed by atoms with E-state index in [0.717, 1.165) is 55.4 Å². The summed E-state index contributed by atoms with van der Waals surface area (Å²) < 4.78 is 1.86. The quantitative estimate of drug-likeness (QED) is 0.810. The lowest BCUT2D eigenvalue weighted by atomic mass is 9.89. The Labute approximate surface area is 163 Å². The van der Waals surface area contributed by atoms with E-state index in [2.05, 4.69) is 16.8 Å². The fourth-order valence-electron chi connectivity index (χ4n) is 4.29. The third-order valence-corrected chi connectivity index (χ3v) is 7.21. The number of amides is 1. The highest BCUT2D eigenvalue weighted by molar-refractivity contribution is 7.18. The number of likely N-dealkylation sites (N-methyl/N-ethyl adjacent to an activating group) is 1. The van der Waals surface area contributed by atoms with Crippen LogP contribution in [-0.4, -0.2) is 59.0 Å². The van der Waals surface area contributed by atoms with Gasteiger partial charge in [0.1, 0.15) is 4.83 Å². The van der Waals surface area contributed by atoms with E-state index in [9.17, 15) is 9.59 Å². The first kappa shape index (κ1) is 18.6. The van der Waals surface area contributed by atoms with Crippen LogP contribution in [-0.2, 0) is 17.6 Å². The summed E-state index contributed by atoms with van der Waals surface area (Å²) in [6.45, 7) is 4.43. The lowest BCUT2D eigenvalue weighted by Gasteiger charge is -2.32. The number of piperidine rings is 1. The van der Waals surface area contributed by atoms with Gasteiger partial charge in [-0.05, 0) is 43.6 Å². The monoisotopic (exact) mass is 388 g/mol. The highest BCUT2D eigenvalue weighted by Crippen LogP contribution is 2.36. The summed E-state index contributed by atoms with van der Waals surface area (Å²) in [4.78, 5) is 35.9. The molecule has 2 aromatic rings. The summed E-state index contributed by atoms with van der Waals surface area (Å²) in [5, 5.41) is 0.870. The molecule has 146 valence electrons. The van der Waals surface area contributed by atoms with Crippen LogP contribution in [0.25, 0.3) is 10.2 Å². The first-order valence-electron chi connectivity index (χ1n) is 9.88. The number of nitrogens with zero attached hydrogens (tertiary/aromatic N) is 4. The number of thiophene rings is 1. The lowest BCUT2D eigenvalue weighted by Crippen LogP contribution is -2.42. The number of rotatable bonds is 3. The van der Waals surface area contributed by atoms with E-state index in [1.807, 2.05) is 4.57 Å². The van der Waals surface area contributed by atoms with Crippen molar-refractivity contribution in [1.29, 1.82) is 0 Å². The van der Waals surface area contributed by atoms with Gasteiger partial charge in [-0.25, -0.2) is 4.98 Å². The van der Waals surface area contributed by atoms with Crippen molar-refractivity contribution < 1.29 is 4.79 Å². The van der Waals surface area contributed by atoms with Crippen LogP contribution in [0.5, 0.6) is 0 Å². The van der Waals surface area contributed by atoms with Crippen LogP contribution in [0.15, 0.2) is 11.1 Å². The smallest absolute Gasteiger partial charge is 0.262 e. The maximum Gasteiger partial charge on any atom is 0.262 e. The molecule has 6 nitrogen and oxygen atoms in total. The topological polar surface area (TPSA) is 58.4 Å². The van der Waals surface area contributed by atoms with E-state index in [1.54, 1.807) is 36.7 Å². The number of aromatic nitrogens is 2. The maximum absolute atomic E-state index is 13.2. The summed E-state index contributed by atoms with van der Waals surface area (Å²) in [6, 6.07) is 0.179. The van der Waals surface area contributed by atoms with Crippen molar-refractivity contribution in [3.63, 3.8) is 0 Å². The molecule has 1 fully saturated rings. The van der Waals surface area contributed by atoms with Gasteiger partial charge in [0.15, 0.2) is 0 Å². The van der Waals surface area contributed by atoms with Gasteiger partial charge >= 0.3 is 0 Å². The molecule has 4 rings (SSSR count). The van der Waals surface area contributed by atoms with Gasteiger partial charge in [0.25, 0.3) is 5.56 Å². The molecule has 1 unspecified atom stereocenters. The SMILES string of the molecule is CC1CCc2c(sc3ncn(C4CCN(CC(=O)N(C)C)CC4)c(=O)c23)C1. The summed E-state index contributed by atoms with van der Waals surface area (Å²) in [5.41, 5.74) is 1.39. The number of aryl methyl sites for hydroxylation is 1. The van der Waals surface area contributed by atoms with E-state index < -0.39 is 0 Å². The Morgan fingerprint density at radius 1 is 1.30 bits per heavy atom. The average molecular weight is 389 g/mol. The van der Waals surface area contributed by atoms with E-state index in [0.29, 0.717) is 12.5 Å².